The zero-order valence-electron chi connectivity index (χ0n) is 11.9. The number of ether oxygens (including phenoxy) is 3. The molecule has 1 N–H and O–H groups in total. The molecular formula is C16H16BrNO3. The van der Waals surface area contributed by atoms with Gasteiger partial charge in [-0.15, -0.1) is 0 Å². The second-order valence-electron chi connectivity index (χ2n) is 4.85. The van der Waals surface area contributed by atoms with Crippen LogP contribution in [-0.2, 0) is 6.54 Å². The van der Waals surface area contributed by atoms with Crippen LogP contribution in [0.2, 0.25) is 0 Å². The molecule has 0 fully saturated rings. The SMILES string of the molecule is COc1ccc(NCc2cc(Br)c3c(c2)OCO3)c(C)c1. The van der Waals surface area contributed by atoms with Crippen LogP contribution >= 0.6 is 15.9 Å². The fourth-order valence-electron chi connectivity index (χ4n) is 2.28. The molecule has 1 aliphatic heterocycles. The Kier molecular flexibility index (Phi) is 3.92. The minimum absolute atomic E-state index is 0.280. The van der Waals surface area contributed by atoms with E-state index < -0.39 is 0 Å². The topological polar surface area (TPSA) is 39.7 Å². The van der Waals surface area contributed by atoms with Gasteiger partial charge in [-0.1, -0.05) is 0 Å². The number of hydrogen-bond donors (Lipinski definition) is 1. The highest BCUT2D eigenvalue weighted by molar-refractivity contribution is 9.10. The van der Waals surface area contributed by atoms with Gasteiger partial charge in [-0.25, -0.2) is 0 Å². The molecule has 1 heterocycles. The first-order valence-electron chi connectivity index (χ1n) is 6.64. The molecule has 0 unspecified atom stereocenters. The third-order valence-electron chi connectivity index (χ3n) is 3.40. The van der Waals surface area contributed by atoms with Crippen molar-refractivity contribution in [3.8, 4) is 17.2 Å². The lowest BCUT2D eigenvalue weighted by atomic mass is 10.1. The lowest BCUT2D eigenvalue weighted by Crippen LogP contribution is -2.01. The highest BCUT2D eigenvalue weighted by Crippen LogP contribution is 2.40. The van der Waals surface area contributed by atoms with Crippen molar-refractivity contribution in [3.05, 3.63) is 45.9 Å². The van der Waals surface area contributed by atoms with Crippen molar-refractivity contribution in [2.75, 3.05) is 19.2 Å². The van der Waals surface area contributed by atoms with Gasteiger partial charge in [-0.05, 0) is 64.3 Å². The number of methoxy groups -OCH3 is 1. The van der Waals surface area contributed by atoms with Crippen LogP contribution in [0.3, 0.4) is 0 Å². The van der Waals surface area contributed by atoms with Gasteiger partial charge in [0.05, 0.1) is 11.6 Å². The minimum Gasteiger partial charge on any atom is -0.497 e. The molecule has 5 heteroatoms. The number of benzene rings is 2. The summed E-state index contributed by atoms with van der Waals surface area (Å²) < 4.78 is 16.9. The van der Waals surface area contributed by atoms with Crippen LogP contribution in [0.15, 0.2) is 34.8 Å². The average molecular weight is 350 g/mol. The van der Waals surface area contributed by atoms with E-state index in [0.717, 1.165) is 38.5 Å². The molecule has 0 atom stereocenters. The normalized spacial score (nSPS) is 12.3. The van der Waals surface area contributed by atoms with Crippen molar-refractivity contribution < 1.29 is 14.2 Å². The molecule has 0 aliphatic carbocycles. The summed E-state index contributed by atoms with van der Waals surface area (Å²) >= 11 is 3.51. The van der Waals surface area contributed by atoms with E-state index in [9.17, 15) is 0 Å². The quantitative estimate of drug-likeness (QED) is 0.901. The molecule has 3 rings (SSSR count). The highest BCUT2D eigenvalue weighted by atomic mass is 79.9. The summed E-state index contributed by atoms with van der Waals surface area (Å²) in [6.07, 6.45) is 0. The van der Waals surface area contributed by atoms with E-state index in [1.54, 1.807) is 7.11 Å². The molecule has 2 aromatic carbocycles. The standard InChI is InChI=1S/C16H16BrNO3/c1-10-5-12(19-2)3-4-14(10)18-8-11-6-13(17)16-15(7-11)20-9-21-16/h3-7,18H,8-9H2,1-2H3. The lowest BCUT2D eigenvalue weighted by molar-refractivity contribution is 0.173. The molecule has 21 heavy (non-hydrogen) atoms. The molecule has 2 aromatic rings. The van der Waals surface area contributed by atoms with Crippen molar-refractivity contribution in [2.24, 2.45) is 0 Å². The third kappa shape index (κ3) is 2.93. The predicted octanol–water partition coefficient (Wildman–Crippen LogP) is 4.11. The van der Waals surface area contributed by atoms with E-state index in [2.05, 4.69) is 28.2 Å². The van der Waals surface area contributed by atoms with Crippen molar-refractivity contribution in [3.63, 3.8) is 0 Å². The average Bonchev–Trinajstić information content (AvgIpc) is 2.95. The van der Waals surface area contributed by atoms with Gasteiger partial charge in [0.2, 0.25) is 6.79 Å². The summed E-state index contributed by atoms with van der Waals surface area (Å²) in [5.74, 6) is 2.43. The number of nitrogens with one attached hydrogen (secondary N) is 1. The van der Waals surface area contributed by atoms with Crippen LogP contribution in [0.1, 0.15) is 11.1 Å². The number of hydrogen-bond acceptors (Lipinski definition) is 4. The minimum atomic E-state index is 0.280. The smallest absolute Gasteiger partial charge is 0.231 e. The first-order valence-corrected chi connectivity index (χ1v) is 7.43. The zero-order chi connectivity index (χ0) is 14.8. The van der Waals surface area contributed by atoms with E-state index in [1.807, 2.05) is 30.3 Å². The fourth-order valence-corrected chi connectivity index (χ4v) is 2.89. The number of fused-ring (bicyclic) bond motifs is 1. The maximum Gasteiger partial charge on any atom is 0.231 e. The summed E-state index contributed by atoms with van der Waals surface area (Å²) in [6.45, 7) is 3.05. The van der Waals surface area contributed by atoms with Gasteiger partial charge >= 0.3 is 0 Å². The highest BCUT2D eigenvalue weighted by Gasteiger charge is 2.17. The zero-order valence-corrected chi connectivity index (χ0v) is 13.5. The third-order valence-corrected chi connectivity index (χ3v) is 3.99. The largest absolute Gasteiger partial charge is 0.497 e. The predicted molar refractivity (Wildman–Crippen MR) is 85.3 cm³/mol. The number of aryl methyl sites for hydroxylation is 1. The molecule has 1 aliphatic rings. The van der Waals surface area contributed by atoms with Crippen LogP contribution in [0, 0.1) is 6.92 Å². The maximum absolute atomic E-state index is 5.43. The van der Waals surface area contributed by atoms with Crippen LogP contribution in [0.25, 0.3) is 0 Å². The van der Waals surface area contributed by atoms with Crippen molar-refractivity contribution in [1.82, 2.24) is 0 Å². The van der Waals surface area contributed by atoms with Crippen molar-refractivity contribution >= 4 is 21.6 Å². The molecule has 0 saturated heterocycles. The Hall–Kier alpha value is -1.88. The monoisotopic (exact) mass is 349 g/mol. The van der Waals surface area contributed by atoms with E-state index in [-0.39, 0.29) is 6.79 Å². The Bertz CT molecular complexity index is 673. The molecule has 0 saturated carbocycles. The molecule has 0 spiro atoms. The molecular weight excluding hydrogens is 334 g/mol. The van der Waals surface area contributed by atoms with Crippen LogP contribution in [-0.4, -0.2) is 13.9 Å². The van der Waals surface area contributed by atoms with Crippen LogP contribution in [0.5, 0.6) is 17.2 Å². The van der Waals surface area contributed by atoms with E-state index in [1.165, 1.54) is 0 Å². The second kappa shape index (κ2) is 5.85. The van der Waals surface area contributed by atoms with Gasteiger partial charge in [0.15, 0.2) is 11.5 Å². The first-order chi connectivity index (χ1) is 10.2. The van der Waals surface area contributed by atoms with E-state index >= 15 is 0 Å². The summed E-state index contributed by atoms with van der Waals surface area (Å²) in [5, 5.41) is 3.43. The van der Waals surface area contributed by atoms with Gasteiger partial charge in [-0.2, -0.15) is 0 Å². The van der Waals surface area contributed by atoms with Crippen LogP contribution in [0.4, 0.5) is 5.69 Å². The lowest BCUT2D eigenvalue weighted by Gasteiger charge is -2.12. The summed E-state index contributed by atoms with van der Waals surface area (Å²) in [7, 11) is 1.67. The number of halogens is 1. The van der Waals surface area contributed by atoms with Gasteiger partial charge in [-0.3, -0.25) is 0 Å². The number of rotatable bonds is 4. The van der Waals surface area contributed by atoms with Crippen molar-refractivity contribution in [1.29, 1.82) is 0 Å². The summed E-state index contributed by atoms with van der Waals surface area (Å²) in [5.41, 5.74) is 3.36. The van der Waals surface area contributed by atoms with Gasteiger partial charge in [0, 0.05) is 12.2 Å². The molecule has 0 radical (unpaired) electrons. The first kappa shape index (κ1) is 14.1. The van der Waals surface area contributed by atoms with Crippen LogP contribution < -0.4 is 19.5 Å². The fraction of sp³-hybridized carbons (Fsp3) is 0.250. The molecule has 0 amide bonds. The van der Waals surface area contributed by atoms with E-state index in [4.69, 9.17) is 14.2 Å². The molecule has 4 nitrogen and oxygen atoms in total. The molecule has 110 valence electrons. The Morgan fingerprint density at radius 2 is 2.10 bits per heavy atom. The Balaban J connectivity index is 1.75. The second-order valence-corrected chi connectivity index (χ2v) is 5.70. The number of anilines is 1. The Labute approximate surface area is 132 Å². The van der Waals surface area contributed by atoms with Gasteiger partial charge < -0.3 is 19.5 Å². The van der Waals surface area contributed by atoms with Crippen molar-refractivity contribution in [2.45, 2.75) is 13.5 Å². The van der Waals surface area contributed by atoms with Gasteiger partial charge in [0.1, 0.15) is 5.75 Å². The van der Waals surface area contributed by atoms with Gasteiger partial charge in [0.25, 0.3) is 0 Å². The summed E-state index contributed by atoms with van der Waals surface area (Å²) in [4.78, 5) is 0. The molecule has 0 aromatic heterocycles. The van der Waals surface area contributed by atoms with E-state index in [0.29, 0.717) is 6.54 Å². The summed E-state index contributed by atoms with van der Waals surface area (Å²) in [6, 6.07) is 10.0. The Morgan fingerprint density at radius 1 is 1.24 bits per heavy atom. The maximum atomic E-state index is 5.43. The Morgan fingerprint density at radius 3 is 2.86 bits per heavy atom. The molecule has 0 bridgehead atoms.